The number of aromatic nitrogens is 1. The van der Waals surface area contributed by atoms with Crippen LogP contribution < -0.4 is 9.62 Å². The third-order valence-electron chi connectivity index (χ3n) is 4.74. The van der Waals surface area contributed by atoms with Gasteiger partial charge >= 0.3 is 0 Å². The van der Waals surface area contributed by atoms with Crippen molar-refractivity contribution in [2.24, 2.45) is 0 Å². The molecule has 0 bridgehead atoms. The van der Waals surface area contributed by atoms with Gasteiger partial charge < -0.3 is 0 Å². The van der Waals surface area contributed by atoms with Gasteiger partial charge in [-0.3, -0.25) is 14.4 Å². The molecule has 9 heteroatoms. The number of nitrogens with one attached hydrogen (secondary N) is 1. The minimum Gasteiger partial charge on any atom is -0.298 e. The quantitative estimate of drug-likeness (QED) is 0.432. The molecule has 4 aromatic rings. The van der Waals surface area contributed by atoms with Crippen molar-refractivity contribution in [3.05, 3.63) is 95.6 Å². The molecule has 0 saturated heterocycles. The molecule has 0 unspecified atom stereocenters. The summed E-state index contributed by atoms with van der Waals surface area (Å²) in [6.07, 6.45) is 0. The van der Waals surface area contributed by atoms with Crippen LogP contribution in [-0.2, 0) is 10.0 Å². The van der Waals surface area contributed by atoms with Gasteiger partial charge in [-0.15, -0.1) is 11.3 Å². The normalized spacial score (nSPS) is 11.2. The molecule has 1 heterocycles. The summed E-state index contributed by atoms with van der Waals surface area (Å²) < 4.78 is 40.3. The highest BCUT2D eigenvalue weighted by Gasteiger charge is 2.22. The number of para-hydroxylation sites is 1. The topological polar surface area (TPSA) is 79.4 Å². The molecule has 0 aliphatic carbocycles. The smallest absolute Gasteiger partial charge is 0.264 e. The van der Waals surface area contributed by atoms with Crippen molar-refractivity contribution in [3.63, 3.8) is 0 Å². The number of rotatable bonds is 6. The van der Waals surface area contributed by atoms with Crippen LogP contribution in [0, 0.1) is 5.82 Å². The van der Waals surface area contributed by atoms with E-state index in [1.807, 2.05) is 0 Å². The van der Waals surface area contributed by atoms with Gasteiger partial charge in [0.25, 0.3) is 15.9 Å². The number of hydrogen-bond acceptors (Lipinski definition) is 5. The van der Waals surface area contributed by atoms with Gasteiger partial charge in [0.05, 0.1) is 16.3 Å². The number of benzene rings is 3. The lowest BCUT2D eigenvalue weighted by molar-refractivity contribution is 0.102. The summed E-state index contributed by atoms with van der Waals surface area (Å²) in [5.74, 6) is -0.824. The molecule has 32 heavy (non-hydrogen) atoms. The Hall–Kier alpha value is -3.56. The maximum absolute atomic E-state index is 13.1. The molecular formula is C23H18FN3O3S2. The molecule has 0 fully saturated rings. The zero-order chi connectivity index (χ0) is 22.7. The molecule has 3 aromatic carbocycles. The van der Waals surface area contributed by atoms with E-state index in [0.29, 0.717) is 16.5 Å². The largest absolute Gasteiger partial charge is 0.298 e. The van der Waals surface area contributed by atoms with Gasteiger partial charge in [0.15, 0.2) is 5.13 Å². The van der Waals surface area contributed by atoms with Crippen LogP contribution in [0.5, 0.6) is 0 Å². The molecule has 0 atom stereocenters. The van der Waals surface area contributed by atoms with E-state index >= 15 is 0 Å². The standard InChI is InChI=1S/C23H18FN3O3S2/c1-27(19-7-3-2-4-8-19)32(29,30)20-9-5-6-17(14-20)22(28)26-23-25-21(15-31-23)16-10-12-18(24)13-11-16/h2-15H,1H3,(H,25,26,28). The Labute approximate surface area is 189 Å². The van der Waals surface area contributed by atoms with Crippen molar-refractivity contribution in [1.82, 2.24) is 4.98 Å². The lowest BCUT2D eigenvalue weighted by Crippen LogP contribution is -2.26. The first-order valence-corrected chi connectivity index (χ1v) is 11.8. The summed E-state index contributed by atoms with van der Waals surface area (Å²) in [5, 5.41) is 4.78. The fourth-order valence-electron chi connectivity index (χ4n) is 2.99. The number of carbonyl (C=O) groups excluding carboxylic acids is 1. The van der Waals surface area contributed by atoms with Gasteiger partial charge in [-0.1, -0.05) is 24.3 Å². The second kappa shape index (κ2) is 8.89. The minimum atomic E-state index is -3.85. The fraction of sp³-hybridized carbons (Fsp3) is 0.0435. The molecule has 1 amide bonds. The van der Waals surface area contributed by atoms with Crippen molar-refractivity contribution >= 4 is 38.1 Å². The number of carbonyl (C=O) groups is 1. The van der Waals surface area contributed by atoms with E-state index in [1.54, 1.807) is 47.8 Å². The first-order valence-electron chi connectivity index (χ1n) is 9.51. The first-order chi connectivity index (χ1) is 15.3. The molecule has 6 nitrogen and oxygen atoms in total. The van der Waals surface area contributed by atoms with E-state index in [9.17, 15) is 17.6 Å². The molecule has 0 aliphatic heterocycles. The van der Waals surface area contributed by atoms with Crippen molar-refractivity contribution in [2.45, 2.75) is 4.90 Å². The van der Waals surface area contributed by atoms with E-state index in [0.717, 1.165) is 5.56 Å². The van der Waals surface area contributed by atoms with E-state index in [4.69, 9.17) is 0 Å². The van der Waals surface area contributed by atoms with Crippen LogP contribution >= 0.6 is 11.3 Å². The van der Waals surface area contributed by atoms with E-state index in [1.165, 1.54) is 59.1 Å². The van der Waals surface area contributed by atoms with E-state index in [2.05, 4.69) is 10.3 Å². The Kier molecular flexibility index (Phi) is 6.02. The van der Waals surface area contributed by atoms with Crippen molar-refractivity contribution in [3.8, 4) is 11.3 Å². The summed E-state index contributed by atoms with van der Waals surface area (Å²) in [5.41, 5.74) is 2.02. The Morgan fingerprint density at radius 3 is 2.44 bits per heavy atom. The predicted octanol–water partition coefficient (Wildman–Crippen LogP) is 5.03. The summed E-state index contributed by atoms with van der Waals surface area (Å²) >= 11 is 1.22. The highest BCUT2D eigenvalue weighted by molar-refractivity contribution is 7.92. The van der Waals surface area contributed by atoms with Gasteiger partial charge in [-0.2, -0.15) is 0 Å². The molecule has 0 saturated carbocycles. The lowest BCUT2D eigenvalue weighted by atomic mass is 10.2. The Morgan fingerprint density at radius 2 is 1.72 bits per heavy atom. The number of hydrogen-bond donors (Lipinski definition) is 1. The predicted molar refractivity (Wildman–Crippen MR) is 124 cm³/mol. The lowest BCUT2D eigenvalue weighted by Gasteiger charge is -2.19. The summed E-state index contributed by atoms with van der Waals surface area (Å²) in [6.45, 7) is 0. The van der Waals surface area contributed by atoms with Gasteiger partial charge in [0.1, 0.15) is 5.82 Å². The number of halogens is 1. The summed E-state index contributed by atoms with van der Waals surface area (Å²) in [6, 6.07) is 20.4. The number of anilines is 2. The van der Waals surface area contributed by atoms with Crippen LogP contribution in [0.25, 0.3) is 11.3 Å². The second-order valence-electron chi connectivity index (χ2n) is 6.83. The zero-order valence-corrected chi connectivity index (χ0v) is 18.5. The van der Waals surface area contributed by atoms with Crippen LogP contribution in [0.2, 0.25) is 0 Å². The SMILES string of the molecule is CN(c1ccccc1)S(=O)(=O)c1cccc(C(=O)Nc2nc(-c3ccc(F)cc3)cs2)c1. The monoisotopic (exact) mass is 467 g/mol. The van der Waals surface area contributed by atoms with Crippen LogP contribution in [0.3, 0.4) is 0 Å². The van der Waals surface area contributed by atoms with E-state index < -0.39 is 15.9 Å². The molecule has 4 rings (SSSR count). The molecule has 162 valence electrons. The fourth-order valence-corrected chi connectivity index (χ4v) is 4.94. The van der Waals surface area contributed by atoms with Crippen LogP contribution in [0.1, 0.15) is 10.4 Å². The molecule has 0 aliphatic rings. The van der Waals surface area contributed by atoms with Gasteiger partial charge in [0, 0.05) is 23.6 Å². The summed E-state index contributed by atoms with van der Waals surface area (Å²) in [7, 11) is -2.38. The molecule has 1 N–H and O–H groups in total. The number of sulfonamides is 1. The van der Waals surface area contributed by atoms with E-state index in [-0.39, 0.29) is 16.3 Å². The molecule has 0 spiro atoms. The van der Waals surface area contributed by atoms with Crippen molar-refractivity contribution < 1.29 is 17.6 Å². The van der Waals surface area contributed by atoms with Crippen LogP contribution in [-0.4, -0.2) is 26.4 Å². The third-order valence-corrected chi connectivity index (χ3v) is 7.28. The molecule has 0 radical (unpaired) electrons. The van der Waals surface area contributed by atoms with Crippen LogP contribution in [0.15, 0.2) is 89.1 Å². The van der Waals surface area contributed by atoms with Gasteiger partial charge in [0.2, 0.25) is 0 Å². The molecule has 1 aromatic heterocycles. The highest BCUT2D eigenvalue weighted by Crippen LogP contribution is 2.26. The van der Waals surface area contributed by atoms with Crippen LogP contribution in [0.4, 0.5) is 15.2 Å². The maximum atomic E-state index is 13.1. The number of nitrogens with zero attached hydrogens (tertiary/aromatic N) is 2. The average Bonchev–Trinajstić information content (AvgIpc) is 3.28. The zero-order valence-electron chi connectivity index (χ0n) is 16.9. The second-order valence-corrected chi connectivity index (χ2v) is 9.66. The number of amides is 1. The van der Waals surface area contributed by atoms with Crippen molar-refractivity contribution in [1.29, 1.82) is 0 Å². The Balaban J connectivity index is 1.53. The summed E-state index contributed by atoms with van der Waals surface area (Å²) in [4.78, 5) is 17.1. The Bertz CT molecular complexity index is 1350. The first kappa shape index (κ1) is 21.7. The third kappa shape index (κ3) is 4.53. The maximum Gasteiger partial charge on any atom is 0.264 e. The average molecular weight is 468 g/mol. The number of thiazole rings is 1. The minimum absolute atomic E-state index is 0.00245. The highest BCUT2D eigenvalue weighted by atomic mass is 32.2. The van der Waals surface area contributed by atoms with Gasteiger partial charge in [-0.25, -0.2) is 17.8 Å². The molecular weight excluding hydrogens is 449 g/mol. The van der Waals surface area contributed by atoms with Gasteiger partial charge in [-0.05, 0) is 54.6 Å². The van der Waals surface area contributed by atoms with Crippen molar-refractivity contribution in [2.75, 3.05) is 16.7 Å². The Morgan fingerprint density at radius 1 is 1.00 bits per heavy atom.